The van der Waals surface area contributed by atoms with Gasteiger partial charge in [-0.3, -0.25) is 0 Å². The van der Waals surface area contributed by atoms with Crippen LogP contribution in [0.4, 0.5) is 11.8 Å². The zero-order chi connectivity index (χ0) is 19.9. The van der Waals surface area contributed by atoms with Crippen LogP contribution in [0.15, 0.2) is 60.7 Å². The Hall–Kier alpha value is -3.08. The number of rotatable bonds is 8. The zero-order valence-corrected chi connectivity index (χ0v) is 17.0. The number of hydrogen-bond donors (Lipinski definition) is 1. The van der Waals surface area contributed by atoms with Crippen molar-refractivity contribution in [3.05, 3.63) is 77.5 Å². The van der Waals surface area contributed by atoms with E-state index in [0.29, 0.717) is 18.5 Å². The molecule has 0 atom stereocenters. The average molecular weight is 377 g/mol. The lowest BCUT2D eigenvalue weighted by atomic mass is 10.2. The van der Waals surface area contributed by atoms with Crippen LogP contribution in [0, 0.1) is 6.92 Å². The van der Waals surface area contributed by atoms with Gasteiger partial charge >= 0.3 is 0 Å². The normalized spacial score (nSPS) is 10.8. The van der Waals surface area contributed by atoms with E-state index in [1.54, 1.807) is 7.11 Å². The van der Waals surface area contributed by atoms with Crippen LogP contribution in [-0.4, -0.2) is 23.1 Å². The van der Waals surface area contributed by atoms with Gasteiger partial charge in [0.2, 0.25) is 5.95 Å². The van der Waals surface area contributed by atoms with E-state index in [-0.39, 0.29) is 0 Å². The Morgan fingerprint density at radius 3 is 2.43 bits per heavy atom. The van der Waals surface area contributed by atoms with Gasteiger partial charge in [-0.15, -0.1) is 0 Å². The number of nitrogens with zero attached hydrogens (tertiary/aromatic N) is 3. The second kappa shape index (κ2) is 9.22. The van der Waals surface area contributed by atoms with Crippen LogP contribution in [0.3, 0.4) is 0 Å². The monoisotopic (exact) mass is 376 g/mol. The highest BCUT2D eigenvalue weighted by atomic mass is 16.5. The summed E-state index contributed by atoms with van der Waals surface area (Å²) >= 11 is 0. The summed E-state index contributed by atoms with van der Waals surface area (Å²) in [6.45, 7) is 7.78. The fourth-order valence-electron chi connectivity index (χ4n) is 3.11. The SMILES string of the molecule is COc1ccccc1CNc1nc(C)cc(N(Cc2ccccc2)C(C)C)n1. The van der Waals surface area contributed by atoms with E-state index < -0.39 is 0 Å². The molecule has 0 aliphatic carbocycles. The average Bonchev–Trinajstić information content (AvgIpc) is 2.71. The molecule has 0 spiro atoms. The third-order valence-electron chi connectivity index (χ3n) is 4.58. The van der Waals surface area contributed by atoms with Crippen LogP contribution in [0.25, 0.3) is 0 Å². The first-order valence-electron chi connectivity index (χ1n) is 9.59. The van der Waals surface area contributed by atoms with Crippen molar-refractivity contribution in [2.45, 2.75) is 39.9 Å². The largest absolute Gasteiger partial charge is 0.496 e. The standard InChI is InChI=1S/C23H28N4O/c1-17(2)27(16-19-10-6-5-7-11-19)22-14-18(3)25-23(26-22)24-15-20-12-8-9-13-21(20)28-4/h5-14,17H,15-16H2,1-4H3,(H,24,25,26). The minimum Gasteiger partial charge on any atom is -0.496 e. The Bertz CT molecular complexity index is 896. The molecule has 28 heavy (non-hydrogen) atoms. The maximum atomic E-state index is 5.43. The van der Waals surface area contributed by atoms with Gasteiger partial charge in [-0.25, -0.2) is 4.98 Å². The van der Waals surface area contributed by atoms with Crippen molar-refractivity contribution in [2.24, 2.45) is 0 Å². The molecule has 5 nitrogen and oxygen atoms in total. The molecule has 0 unspecified atom stereocenters. The van der Waals surface area contributed by atoms with Crippen LogP contribution >= 0.6 is 0 Å². The van der Waals surface area contributed by atoms with Gasteiger partial charge in [-0.05, 0) is 32.4 Å². The molecular formula is C23H28N4O. The summed E-state index contributed by atoms with van der Waals surface area (Å²) < 4.78 is 5.43. The quantitative estimate of drug-likeness (QED) is 0.611. The van der Waals surface area contributed by atoms with Crippen LogP contribution in [0.2, 0.25) is 0 Å². The Balaban J connectivity index is 1.81. The number of nitrogens with one attached hydrogen (secondary N) is 1. The van der Waals surface area contributed by atoms with Crippen molar-refractivity contribution in [3.8, 4) is 5.75 Å². The molecule has 0 fully saturated rings. The number of para-hydroxylation sites is 1. The van der Waals surface area contributed by atoms with E-state index >= 15 is 0 Å². The summed E-state index contributed by atoms with van der Waals surface area (Å²) in [5.41, 5.74) is 3.27. The second-order valence-corrected chi connectivity index (χ2v) is 7.06. The minimum absolute atomic E-state index is 0.316. The van der Waals surface area contributed by atoms with Gasteiger partial charge in [0.15, 0.2) is 0 Å². The maximum Gasteiger partial charge on any atom is 0.225 e. The summed E-state index contributed by atoms with van der Waals surface area (Å²) in [5.74, 6) is 2.41. The number of hydrogen-bond acceptors (Lipinski definition) is 5. The van der Waals surface area contributed by atoms with E-state index in [2.05, 4.69) is 53.3 Å². The molecule has 0 saturated heterocycles. The van der Waals surface area contributed by atoms with Gasteiger partial charge in [-0.1, -0.05) is 48.5 Å². The van der Waals surface area contributed by atoms with Crippen molar-refractivity contribution in [3.63, 3.8) is 0 Å². The fraction of sp³-hybridized carbons (Fsp3) is 0.304. The Morgan fingerprint density at radius 1 is 1.00 bits per heavy atom. The van der Waals surface area contributed by atoms with E-state index in [9.17, 15) is 0 Å². The maximum absolute atomic E-state index is 5.43. The van der Waals surface area contributed by atoms with Crippen LogP contribution in [-0.2, 0) is 13.1 Å². The van der Waals surface area contributed by atoms with Gasteiger partial charge in [0.25, 0.3) is 0 Å². The number of anilines is 2. The molecule has 3 rings (SSSR count). The second-order valence-electron chi connectivity index (χ2n) is 7.06. The fourth-order valence-corrected chi connectivity index (χ4v) is 3.11. The van der Waals surface area contributed by atoms with E-state index in [1.807, 2.05) is 43.3 Å². The van der Waals surface area contributed by atoms with Crippen LogP contribution < -0.4 is 15.0 Å². The Labute approximate surface area is 167 Å². The van der Waals surface area contributed by atoms with Crippen molar-refractivity contribution < 1.29 is 4.74 Å². The van der Waals surface area contributed by atoms with Crippen molar-refractivity contribution >= 4 is 11.8 Å². The summed E-state index contributed by atoms with van der Waals surface area (Å²) in [5, 5.41) is 3.35. The van der Waals surface area contributed by atoms with Gasteiger partial charge in [-0.2, -0.15) is 4.98 Å². The number of ether oxygens (including phenoxy) is 1. The molecule has 0 amide bonds. The Kier molecular flexibility index (Phi) is 6.48. The first-order valence-corrected chi connectivity index (χ1v) is 9.59. The minimum atomic E-state index is 0.316. The van der Waals surface area contributed by atoms with Gasteiger partial charge in [0.05, 0.1) is 7.11 Å². The molecular weight excluding hydrogens is 348 g/mol. The number of aryl methyl sites for hydroxylation is 1. The van der Waals surface area contributed by atoms with Crippen LogP contribution in [0.1, 0.15) is 30.7 Å². The molecule has 0 radical (unpaired) electrons. The predicted molar refractivity (Wildman–Crippen MR) is 115 cm³/mol. The van der Waals surface area contributed by atoms with Crippen molar-refractivity contribution in [2.75, 3.05) is 17.3 Å². The molecule has 1 heterocycles. The van der Waals surface area contributed by atoms with Gasteiger partial charge in [0, 0.05) is 36.5 Å². The lowest BCUT2D eigenvalue weighted by Crippen LogP contribution is -2.31. The molecule has 146 valence electrons. The summed E-state index contributed by atoms with van der Waals surface area (Å²) in [4.78, 5) is 11.6. The summed E-state index contributed by atoms with van der Waals surface area (Å²) in [6, 6.07) is 20.8. The zero-order valence-electron chi connectivity index (χ0n) is 17.0. The first-order chi connectivity index (χ1) is 13.6. The molecule has 0 saturated carbocycles. The molecule has 0 bridgehead atoms. The van der Waals surface area contributed by atoms with Gasteiger partial charge < -0.3 is 15.0 Å². The molecule has 0 aliphatic rings. The summed E-state index contributed by atoms with van der Waals surface area (Å²) in [6.07, 6.45) is 0. The van der Waals surface area contributed by atoms with Crippen molar-refractivity contribution in [1.29, 1.82) is 0 Å². The highest BCUT2D eigenvalue weighted by Gasteiger charge is 2.15. The number of benzene rings is 2. The molecule has 5 heteroatoms. The smallest absolute Gasteiger partial charge is 0.225 e. The number of methoxy groups -OCH3 is 1. The van der Waals surface area contributed by atoms with Crippen LogP contribution in [0.5, 0.6) is 5.75 Å². The van der Waals surface area contributed by atoms with Crippen molar-refractivity contribution in [1.82, 2.24) is 9.97 Å². The molecule has 2 aromatic carbocycles. The van der Waals surface area contributed by atoms with Gasteiger partial charge in [0.1, 0.15) is 11.6 Å². The molecule has 0 aliphatic heterocycles. The van der Waals surface area contributed by atoms with E-state index in [1.165, 1.54) is 5.56 Å². The van der Waals surface area contributed by atoms with E-state index in [0.717, 1.165) is 29.4 Å². The topological polar surface area (TPSA) is 50.3 Å². The van der Waals surface area contributed by atoms with E-state index in [4.69, 9.17) is 9.72 Å². The Morgan fingerprint density at radius 2 is 1.71 bits per heavy atom. The third kappa shape index (κ3) is 5.00. The lowest BCUT2D eigenvalue weighted by Gasteiger charge is -2.28. The molecule has 1 N–H and O–H groups in total. The predicted octanol–water partition coefficient (Wildman–Crippen LogP) is 4.82. The lowest BCUT2D eigenvalue weighted by molar-refractivity contribution is 0.410. The molecule has 3 aromatic rings. The number of aromatic nitrogens is 2. The highest BCUT2D eigenvalue weighted by Crippen LogP contribution is 2.22. The third-order valence-corrected chi connectivity index (χ3v) is 4.58. The summed E-state index contributed by atoms with van der Waals surface area (Å²) in [7, 11) is 1.68. The highest BCUT2D eigenvalue weighted by molar-refractivity contribution is 5.47. The molecule has 1 aromatic heterocycles. The first kappa shape index (κ1) is 19.7.